The molecule has 0 aliphatic heterocycles. The van der Waals surface area contributed by atoms with Gasteiger partial charge in [-0.25, -0.2) is 8.78 Å². The zero-order chi connectivity index (χ0) is 20.3. The number of H-pyrrole nitrogens is 2. The van der Waals surface area contributed by atoms with E-state index in [-0.39, 0.29) is 11.6 Å². The summed E-state index contributed by atoms with van der Waals surface area (Å²) in [6.07, 6.45) is 0. The van der Waals surface area contributed by atoms with Crippen molar-refractivity contribution in [2.75, 3.05) is 27.2 Å². The van der Waals surface area contributed by atoms with E-state index in [1.54, 1.807) is 12.1 Å². The number of nitrogens with zero attached hydrogens (tertiary/aromatic N) is 1. The Labute approximate surface area is 166 Å². The lowest BCUT2D eigenvalue weighted by atomic mass is 9.86. The third-order valence-corrected chi connectivity index (χ3v) is 5.30. The van der Waals surface area contributed by atoms with E-state index in [9.17, 15) is 8.78 Å². The van der Waals surface area contributed by atoms with Gasteiger partial charge in [-0.3, -0.25) is 0 Å². The minimum atomic E-state index is -0.349. The summed E-state index contributed by atoms with van der Waals surface area (Å²) in [6, 6.07) is 9.07. The van der Waals surface area contributed by atoms with Crippen molar-refractivity contribution in [3.63, 3.8) is 0 Å². The molecule has 2 heterocycles. The Bertz CT molecular complexity index is 1310. The summed E-state index contributed by atoms with van der Waals surface area (Å²) in [5.41, 5.74) is 3.37. The third kappa shape index (κ3) is 2.76. The van der Waals surface area contributed by atoms with Crippen molar-refractivity contribution in [2.45, 2.75) is 0 Å². The zero-order valence-corrected chi connectivity index (χ0v) is 16.1. The molecule has 5 rings (SSSR count). The average molecular weight is 389 g/mol. The first-order valence-electron chi connectivity index (χ1n) is 9.35. The van der Waals surface area contributed by atoms with Gasteiger partial charge >= 0.3 is 0 Å². The predicted octanol–water partition coefficient (Wildman–Crippen LogP) is 3.97. The number of rotatable bonds is 4. The van der Waals surface area contributed by atoms with E-state index in [0.29, 0.717) is 50.4 Å². The van der Waals surface area contributed by atoms with Gasteiger partial charge < -0.3 is 19.6 Å². The second-order valence-electron chi connectivity index (χ2n) is 7.52. The first kappa shape index (κ1) is 18.0. The van der Waals surface area contributed by atoms with Crippen molar-refractivity contribution in [3.8, 4) is 5.75 Å². The van der Waals surface area contributed by atoms with Gasteiger partial charge in [-0.05, 0) is 50.5 Å². The highest BCUT2D eigenvalue weighted by atomic mass is 19.1. The summed E-state index contributed by atoms with van der Waals surface area (Å²) in [5.74, 6) is -0.102. The van der Waals surface area contributed by atoms with Crippen LogP contribution in [0, 0.1) is 11.6 Å². The molecule has 0 aliphatic rings. The number of hydrogen-bond donors (Lipinski definition) is 2. The Balaban J connectivity index is 1.92. The second-order valence-corrected chi connectivity index (χ2v) is 7.52. The van der Waals surface area contributed by atoms with Crippen molar-refractivity contribution in [1.29, 1.82) is 0 Å². The van der Waals surface area contributed by atoms with E-state index in [1.807, 2.05) is 19.0 Å². The Morgan fingerprint density at radius 1 is 0.897 bits per heavy atom. The van der Waals surface area contributed by atoms with Gasteiger partial charge in [0.15, 0.2) is 5.75 Å². The van der Waals surface area contributed by atoms with Crippen LogP contribution in [-0.2, 0) is 0 Å². The summed E-state index contributed by atoms with van der Waals surface area (Å²) >= 11 is 0. The molecule has 2 N–H and O–H groups in total. The molecular formula is C22H18BF2N3O. The van der Waals surface area contributed by atoms with Gasteiger partial charge in [0.1, 0.15) is 26.1 Å². The van der Waals surface area contributed by atoms with E-state index < -0.39 is 0 Å². The predicted molar refractivity (Wildman–Crippen MR) is 115 cm³/mol. The molecule has 0 saturated heterocycles. The number of aromatic nitrogens is 2. The second kappa shape index (κ2) is 6.49. The number of fused-ring (bicyclic) bond motifs is 6. The number of halogens is 2. The maximum Gasteiger partial charge on any atom is 0.167 e. The molecule has 144 valence electrons. The lowest BCUT2D eigenvalue weighted by Crippen LogP contribution is -2.20. The van der Waals surface area contributed by atoms with Crippen LogP contribution in [-0.4, -0.2) is 50.0 Å². The third-order valence-electron chi connectivity index (χ3n) is 5.30. The molecule has 4 nitrogen and oxygen atoms in total. The molecule has 0 atom stereocenters. The lowest BCUT2D eigenvalue weighted by molar-refractivity contribution is 0.265. The summed E-state index contributed by atoms with van der Waals surface area (Å²) in [5, 5.41) is 2.69. The topological polar surface area (TPSA) is 44.0 Å². The fourth-order valence-electron chi connectivity index (χ4n) is 3.95. The first-order chi connectivity index (χ1) is 13.9. The summed E-state index contributed by atoms with van der Waals surface area (Å²) in [6.45, 7) is 1.17. The summed E-state index contributed by atoms with van der Waals surface area (Å²) < 4.78 is 34.1. The smallest absolute Gasteiger partial charge is 0.167 e. The number of hydrogen-bond acceptors (Lipinski definition) is 2. The van der Waals surface area contributed by atoms with Crippen molar-refractivity contribution in [1.82, 2.24) is 14.9 Å². The largest absolute Gasteiger partial charge is 0.488 e. The Morgan fingerprint density at radius 3 is 1.90 bits per heavy atom. The van der Waals surface area contributed by atoms with Gasteiger partial charge in [-0.15, -0.1) is 0 Å². The van der Waals surface area contributed by atoms with Gasteiger partial charge in [-0.2, -0.15) is 0 Å². The quantitative estimate of drug-likeness (QED) is 0.457. The molecule has 3 aromatic carbocycles. The van der Waals surface area contributed by atoms with Gasteiger partial charge in [0.2, 0.25) is 0 Å². The fraction of sp³-hybridized carbons (Fsp3) is 0.182. The lowest BCUT2D eigenvalue weighted by Gasteiger charge is -2.14. The van der Waals surface area contributed by atoms with Gasteiger partial charge in [-0.1, -0.05) is 5.46 Å². The molecule has 0 aliphatic carbocycles. The minimum absolute atomic E-state index is 0.349. The molecule has 0 fully saturated rings. The minimum Gasteiger partial charge on any atom is -0.488 e. The van der Waals surface area contributed by atoms with Crippen molar-refractivity contribution >= 4 is 56.9 Å². The molecule has 0 unspecified atom stereocenters. The Hall–Kier alpha value is -3.06. The van der Waals surface area contributed by atoms with E-state index in [2.05, 4.69) is 9.97 Å². The van der Waals surface area contributed by atoms with Crippen LogP contribution in [0.1, 0.15) is 0 Å². The SMILES string of the molecule is [B]c1c2c([nH]c3ccc(F)cc32)c(OCCN(C)C)c2[nH]c3ccc(F)cc3c12. The molecule has 5 aromatic rings. The Morgan fingerprint density at radius 2 is 1.41 bits per heavy atom. The van der Waals surface area contributed by atoms with Gasteiger partial charge in [0.05, 0.1) is 11.0 Å². The van der Waals surface area contributed by atoms with Crippen molar-refractivity contribution < 1.29 is 13.5 Å². The number of aromatic amines is 2. The highest BCUT2D eigenvalue weighted by Gasteiger charge is 2.21. The summed E-state index contributed by atoms with van der Waals surface area (Å²) in [7, 11) is 10.5. The van der Waals surface area contributed by atoms with Crippen LogP contribution in [0.4, 0.5) is 8.78 Å². The molecular weight excluding hydrogens is 371 g/mol. The fourth-order valence-corrected chi connectivity index (χ4v) is 3.95. The van der Waals surface area contributed by atoms with Crippen LogP contribution in [0.3, 0.4) is 0 Å². The zero-order valence-electron chi connectivity index (χ0n) is 16.1. The van der Waals surface area contributed by atoms with Crippen LogP contribution >= 0.6 is 0 Å². The maximum atomic E-state index is 14.0. The van der Waals surface area contributed by atoms with E-state index in [1.165, 1.54) is 24.3 Å². The van der Waals surface area contributed by atoms with E-state index >= 15 is 0 Å². The molecule has 0 amide bonds. The number of nitrogens with one attached hydrogen (secondary N) is 2. The number of ether oxygens (including phenoxy) is 1. The molecule has 2 aromatic heterocycles. The Kier molecular flexibility index (Phi) is 4.03. The van der Waals surface area contributed by atoms with E-state index in [0.717, 1.165) is 17.6 Å². The van der Waals surface area contributed by atoms with Crippen LogP contribution in [0.25, 0.3) is 43.6 Å². The highest BCUT2D eigenvalue weighted by molar-refractivity contribution is 6.50. The standard InChI is InChI=1S/C22H18BF2N3O/c1-28(2)7-8-29-22-20-17(13-9-11(24)3-5-15(13)26-20)19(23)18-14-10-12(25)4-6-16(14)27-21(18)22/h3-6,9-10,26-27H,7-8H2,1-2H3. The van der Waals surface area contributed by atoms with Crippen LogP contribution in [0.15, 0.2) is 36.4 Å². The maximum absolute atomic E-state index is 14.0. The number of benzene rings is 3. The summed E-state index contributed by atoms with van der Waals surface area (Å²) in [4.78, 5) is 8.66. The van der Waals surface area contributed by atoms with Crippen LogP contribution in [0.2, 0.25) is 0 Å². The van der Waals surface area contributed by atoms with Crippen molar-refractivity contribution in [2.24, 2.45) is 0 Å². The molecule has 0 bridgehead atoms. The van der Waals surface area contributed by atoms with Crippen LogP contribution < -0.4 is 10.2 Å². The highest BCUT2D eigenvalue weighted by Crippen LogP contribution is 2.39. The molecule has 0 spiro atoms. The normalized spacial score (nSPS) is 12.2. The van der Waals surface area contributed by atoms with E-state index in [4.69, 9.17) is 12.6 Å². The van der Waals surface area contributed by atoms with Crippen molar-refractivity contribution in [3.05, 3.63) is 48.0 Å². The molecule has 7 heteroatoms. The monoisotopic (exact) mass is 389 g/mol. The molecule has 2 radical (unpaired) electrons. The molecule has 29 heavy (non-hydrogen) atoms. The number of likely N-dealkylation sites (N-methyl/N-ethyl adjacent to an activating group) is 1. The van der Waals surface area contributed by atoms with Gasteiger partial charge in [0.25, 0.3) is 0 Å². The molecule has 0 saturated carbocycles. The van der Waals surface area contributed by atoms with Crippen LogP contribution in [0.5, 0.6) is 5.75 Å². The average Bonchev–Trinajstić information content (AvgIpc) is 3.22. The van der Waals surface area contributed by atoms with Gasteiger partial charge in [0, 0.05) is 39.1 Å². The first-order valence-corrected chi connectivity index (χ1v) is 9.35.